The van der Waals surface area contributed by atoms with Crippen LogP contribution in [0.25, 0.3) is 21.3 Å². The molecule has 0 aliphatic rings. The third-order valence-electron chi connectivity index (χ3n) is 4.57. The zero-order valence-corrected chi connectivity index (χ0v) is 16.3. The van der Waals surface area contributed by atoms with Crippen molar-refractivity contribution in [1.82, 2.24) is 9.55 Å². The maximum atomic E-state index is 13.4. The number of thiophene rings is 1. The van der Waals surface area contributed by atoms with Crippen molar-refractivity contribution in [2.75, 3.05) is 0 Å². The van der Waals surface area contributed by atoms with E-state index >= 15 is 0 Å². The minimum Gasteiger partial charge on any atom is -0.368 e. The fourth-order valence-corrected chi connectivity index (χ4v) is 4.13. The lowest BCUT2D eigenvalue weighted by atomic mass is 10.0. The molecule has 0 aliphatic carbocycles. The van der Waals surface area contributed by atoms with E-state index < -0.39 is 11.9 Å². The topological polar surface area (TPSA) is 78.0 Å². The third-order valence-corrected chi connectivity index (χ3v) is 5.45. The maximum Gasteiger partial charge on any atom is 0.263 e. The van der Waals surface area contributed by atoms with Crippen molar-refractivity contribution >= 4 is 27.5 Å². The van der Waals surface area contributed by atoms with Crippen molar-refractivity contribution in [3.05, 3.63) is 51.4 Å². The van der Waals surface area contributed by atoms with E-state index in [2.05, 4.69) is 0 Å². The van der Waals surface area contributed by atoms with Crippen LogP contribution in [0.3, 0.4) is 0 Å². The van der Waals surface area contributed by atoms with Crippen molar-refractivity contribution in [2.45, 2.75) is 46.1 Å². The van der Waals surface area contributed by atoms with Crippen LogP contribution in [0.1, 0.15) is 50.5 Å². The minimum absolute atomic E-state index is 0.00502. The van der Waals surface area contributed by atoms with Gasteiger partial charge in [0.05, 0.1) is 5.39 Å². The molecule has 6 heteroatoms. The summed E-state index contributed by atoms with van der Waals surface area (Å²) >= 11 is 1.45. The number of nitrogens with zero attached hydrogens (tertiary/aromatic N) is 2. The lowest BCUT2D eigenvalue weighted by molar-refractivity contribution is -0.121. The van der Waals surface area contributed by atoms with Gasteiger partial charge in [0.15, 0.2) is 0 Å². The first-order valence-corrected chi connectivity index (χ1v) is 9.63. The summed E-state index contributed by atoms with van der Waals surface area (Å²) in [7, 11) is 0. The lowest BCUT2D eigenvalue weighted by Crippen LogP contribution is -2.36. The van der Waals surface area contributed by atoms with Gasteiger partial charge in [-0.15, -0.1) is 11.3 Å². The molecule has 0 bridgehead atoms. The highest BCUT2D eigenvalue weighted by atomic mass is 32.1. The Kier molecular flexibility index (Phi) is 4.96. The molecule has 2 N–H and O–H groups in total. The maximum absolute atomic E-state index is 13.4. The van der Waals surface area contributed by atoms with Gasteiger partial charge in [0, 0.05) is 16.9 Å². The number of aromatic nitrogens is 2. The molecule has 0 saturated carbocycles. The Hall–Kier alpha value is -2.47. The number of fused-ring (bicyclic) bond motifs is 1. The summed E-state index contributed by atoms with van der Waals surface area (Å²) in [6, 6.07) is 7.35. The number of hydrogen-bond acceptors (Lipinski definition) is 4. The summed E-state index contributed by atoms with van der Waals surface area (Å²) in [6.45, 7) is 7.81. The van der Waals surface area contributed by atoms with Gasteiger partial charge in [0.25, 0.3) is 5.56 Å². The van der Waals surface area contributed by atoms with Gasteiger partial charge in [0.1, 0.15) is 16.7 Å². The fourth-order valence-electron chi connectivity index (χ4n) is 3.18. The second kappa shape index (κ2) is 7.03. The van der Waals surface area contributed by atoms with Crippen LogP contribution in [0.2, 0.25) is 0 Å². The summed E-state index contributed by atoms with van der Waals surface area (Å²) < 4.78 is 1.50. The van der Waals surface area contributed by atoms with Gasteiger partial charge in [-0.05, 0) is 18.9 Å². The Morgan fingerprint density at radius 3 is 2.46 bits per heavy atom. The average Bonchev–Trinajstić information content (AvgIpc) is 3.01. The van der Waals surface area contributed by atoms with Gasteiger partial charge in [-0.3, -0.25) is 14.2 Å². The average molecular weight is 369 g/mol. The highest BCUT2D eigenvalue weighted by Gasteiger charge is 2.25. The highest BCUT2D eigenvalue weighted by molar-refractivity contribution is 7.17. The summed E-state index contributed by atoms with van der Waals surface area (Å²) in [5.41, 5.74) is 8.37. The smallest absolute Gasteiger partial charge is 0.263 e. The van der Waals surface area contributed by atoms with E-state index in [4.69, 9.17) is 10.7 Å². The van der Waals surface area contributed by atoms with Gasteiger partial charge in [-0.2, -0.15) is 0 Å². The van der Waals surface area contributed by atoms with E-state index in [9.17, 15) is 9.59 Å². The molecule has 1 atom stereocenters. The van der Waals surface area contributed by atoms with E-state index in [0.29, 0.717) is 22.5 Å². The first-order chi connectivity index (χ1) is 12.3. The summed E-state index contributed by atoms with van der Waals surface area (Å²) in [5.74, 6) is 0.0978. The van der Waals surface area contributed by atoms with Crippen LogP contribution in [0.15, 0.2) is 34.4 Å². The lowest BCUT2D eigenvalue weighted by Gasteiger charge is -2.21. The molecule has 5 nitrogen and oxygen atoms in total. The fraction of sp³-hybridized carbons (Fsp3) is 0.350. The van der Waals surface area contributed by atoms with Gasteiger partial charge < -0.3 is 5.73 Å². The molecule has 2 heterocycles. The normalized spacial score (nSPS) is 12.7. The Balaban J connectivity index is 2.35. The zero-order chi connectivity index (χ0) is 19.0. The summed E-state index contributed by atoms with van der Waals surface area (Å²) in [5, 5.41) is 2.52. The molecule has 3 aromatic rings. The van der Waals surface area contributed by atoms with Crippen LogP contribution >= 0.6 is 11.3 Å². The van der Waals surface area contributed by atoms with Crippen molar-refractivity contribution in [2.24, 2.45) is 5.73 Å². The van der Waals surface area contributed by atoms with Crippen molar-refractivity contribution in [1.29, 1.82) is 0 Å². The number of primary amides is 1. The number of benzene rings is 1. The first kappa shape index (κ1) is 18.3. The van der Waals surface area contributed by atoms with E-state index in [-0.39, 0.29) is 11.5 Å². The number of amides is 1. The molecule has 1 unspecified atom stereocenters. The monoisotopic (exact) mass is 369 g/mol. The first-order valence-electron chi connectivity index (χ1n) is 8.75. The SMILES string of the molecule is CCC(C(N)=O)n1c(C(C)C)nc2scc(-c3ccc(C)cc3)c2c1=O. The largest absolute Gasteiger partial charge is 0.368 e. The van der Waals surface area contributed by atoms with Crippen molar-refractivity contribution < 1.29 is 4.79 Å². The number of rotatable bonds is 5. The molecule has 1 amide bonds. The number of aryl methyl sites for hydroxylation is 1. The predicted octanol–water partition coefficient (Wildman–Crippen LogP) is 3.99. The molecule has 26 heavy (non-hydrogen) atoms. The Labute approximate surface area is 156 Å². The van der Waals surface area contributed by atoms with Crippen LogP contribution in [0.5, 0.6) is 0 Å². The molecular formula is C20H23N3O2S. The molecule has 1 aromatic carbocycles. The molecule has 136 valence electrons. The summed E-state index contributed by atoms with van der Waals surface area (Å²) in [6.07, 6.45) is 0.451. The second-order valence-electron chi connectivity index (χ2n) is 6.82. The Morgan fingerprint density at radius 2 is 1.92 bits per heavy atom. The molecule has 0 spiro atoms. The van der Waals surface area contributed by atoms with Crippen LogP contribution in [0, 0.1) is 6.92 Å². The van der Waals surface area contributed by atoms with Crippen LogP contribution in [-0.4, -0.2) is 15.5 Å². The molecular weight excluding hydrogens is 346 g/mol. The van der Waals surface area contributed by atoms with Gasteiger partial charge in [0.2, 0.25) is 5.91 Å². The number of nitrogens with two attached hydrogens (primary N) is 1. The molecule has 2 aromatic heterocycles. The van der Waals surface area contributed by atoms with E-state index in [0.717, 1.165) is 16.7 Å². The Bertz CT molecular complexity index is 1020. The molecule has 0 radical (unpaired) electrons. The van der Waals surface area contributed by atoms with Gasteiger partial charge in [-0.25, -0.2) is 4.98 Å². The quantitative estimate of drug-likeness (QED) is 0.738. The van der Waals surface area contributed by atoms with E-state index in [1.54, 1.807) is 0 Å². The van der Waals surface area contributed by atoms with E-state index in [1.807, 2.05) is 57.3 Å². The minimum atomic E-state index is -0.692. The molecule has 0 aliphatic heterocycles. The van der Waals surface area contributed by atoms with Crippen LogP contribution < -0.4 is 11.3 Å². The summed E-state index contributed by atoms with van der Waals surface area (Å²) in [4.78, 5) is 30.8. The number of carbonyl (C=O) groups excluding carboxylic acids is 1. The second-order valence-corrected chi connectivity index (χ2v) is 7.68. The van der Waals surface area contributed by atoms with E-state index in [1.165, 1.54) is 15.9 Å². The standard InChI is InChI=1S/C20H23N3O2S/c1-5-15(17(21)24)23-18(11(2)3)22-19-16(20(23)25)14(10-26-19)13-8-6-12(4)7-9-13/h6-11,15H,5H2,1-4H3,(H2,21,24). The Morgan fingerprint density at radius 1 is 1.27 bits per heavy atom. The van der Waals surface area contributed by atoms with Gasteiger partial charge >= 0.3 is 0 Å². The molecule has 3 rings (SSSR count). The van der Waals surface area contributed by atoms with Crippen molar-refractivity contribution in [3.63, 3.8) is 0 Å². The van der Waals surface area contributed by atoms with Crippen molar-refractivity contribution in [3.8, 4) is 11.1 Å². The number of carbonyl (C=O) groups is 1. The number of hydrogen-bond donors (Lipinski definition) is 1. The predicted molar refractivity (Wildman–Crippen MR) is 107 cm³/mol. The van der Waals surface area contributed by atoms with Crippen LogP contribution in [-0.2, 0) is 4.79 Å². The molecule has 0 saturated heterocycles. The zero-order valence-electron chi connectivity index (χ0n) is 15.4. The van der Waals surface area contributed by atoms with Crippen LogP contribution in [0.4, 0.5) is 0 Å². The third kappa shape index (κ3) is 3.05. The molecule has 0 fully saturated rings. The van der Waals surface area contributed by atoms with Gasteiger partial charge in [-0.1, -0.05) is 50.6 Å². The highest BCUT2D eigenvalue weighted by Crippen LogP contribution is 2.32.